The summed E-state index contributed by atoms with van der Waals surface area (Å²) in [6.45, 7) is 2.18. The molecule has 0 aliphatic carbocycles. The molecule has 24 heavy (non-hydrogen) atoms. The van der Waals surface area contributed by atoms with E-state index in [0.717, 1.165) is 28.7 Å². The molecule has 1 aliphatic heterocycles. The molecule has 0 amide bonds. The van der Waals surface area contributed by atoms with Crippen LogP contribution in [0.15, 0.2) is 64.8 Å². The lowest BCUT2D eigenvalue weighted by atomic mass is 10.1. The standard InChI is InChI=1S/C19H18N4S/c1-2-13-7-6-10-15-16(11-20-18(13)15)17-12-24-19(23-22-17)21-14-8-4-3-5-9-14/h3-11,20H,2,12H2,1H3,(H,21,23). The molecule has 0 saturated heterocycles. The van der Waals surface area contributed by atoms with Gasteiger partial charge in [0.1, 0.15) is 0 Å². The van der Waals surface area contributed by atoms with Crippen molar-refractivity contribution in [2.75, 3.05) is 5.75 Å². The molecule has 120 valence electrons. The first kappa shape index (κ1) is 15.0. The van der Waals surface area contributed by atoms with Crippen molar-refractivity contribution in [1.29, 1.82) is 0 Å². The van der Waals surface area contributed by atoms with Crippen LogP contribution in [-0.2, 0) is 6.42 Å². The van der Waals surface area contributed by atoms with E-state index in [9.17, 15) is 0 Å². The Labute approximate surface area is 145 Å². The smallest absolute Gasteiger partial charge is 0.182 e. The molecule has 5 heteroatoms. The van der Waals surface area contributed by atoms with Crippen molar-refractivity contribution in [3.8, 4) is 0 Å². The maximum atomic E-state index is 4.58. The van der Waals surface area contributed by atoms with E-state index in [1.165, 1.54) is 22.0 Å². The fraction of sp³-hybridized carbons (Fsp3) is 0.158. The number of benzene rings is 2. The van der Waals surface area contributed by atoms with Gasteiger partial charge in [-0.2, -0.15) is 5.10 Å². The number of amidine groups is 1. The zero-order chi connectivity index (χ0) is 16.4. The molecule has 3 aromatic rings. The Hall–Kier alpha value is -2.53. The second kappa shape index (κ2) is 6.53. The van der Waals surface area contributed by atoms with Gasteiger partial charge in [-0.25, -0.2) is 4.99 Å². The number of aliphatic imine (C=N–C) groups is 1. The lowest BCUT2D eigenvalue weighted by Gasteiger charge is -2.14. The van der Waals surface area contributed by atoms with Crippen LogP contribution in [0.5, 0.6) is 0 Å². The van der Waals surface area contributed by atoms with Crippen LogP contribution in [0.1, 0.15) is 18.1 Å². The van der Waals surface area contributed by atoms with Gasteiger partial charge in [-0.15, -0.1) is 0 Å². The summed E-state index contributed by atoms with van der Waals surface area (Å²) in [5.41, 5.74) is 8.79. The fourth-order valence-corrected chi connectivity index (χ4v) is 3.66. The molecule has 0 radical (unpaired) electrons. The van der Waals surface area contributed by atoms with E-state index in [1.807, 2.05) is 30.3 Å². The van der Waals surface area contributed by atoms with Crippen molar-refractivity contribution in [3.63, 3.8) is 0 Å². The number of hydrazone groups is 1. The van der Waals surface area contributed by atoms with Crippen molar-refractivity contribution < 1.29 is 0 Å². The monoisotopic (exact) mass is 334 g/mol. The summed E-state index contributed by atoms with van der Waals surface area (Å²) >= 11 is 1.68. The molecule has 0 spiro atoms. The molecule has 2 heterocycles. The quantitative estimate of drug-likeness (QED) is 0.743. The summed E-state index contributed by atoms with van der Waals surface area (Å²) in [6, 6.07) is 16.4. The minimum absolute atomic E-state index is 0.808. The summed E-state index contributed by atoms with van der Waals surface area (Å²) < 4.78 is 0. The number of H-pyrrole nitrogens is 1. The second-order valence-electron chi connectivity index (χ2n) is 5.61. The average molecular weight is 334 g/mol. The molecule has 0 bridgehead atoms. The highest BCUT2D eigenvalue weighted by molar-refractivity contribution is 8.14. The molecule has 0 atom stereocenters. The Morgan fingerprint density at radius 2 is 2.00 bits per heavy atom. The highest BCUT2D eigenvalue weighted by Crippen LogP contribution is 2.25. The van der Waals surface area contributed by atoms with Crippen molar-refractivity contribution in [2.24, 2.45) is 10.1 Å². The number of hydrogen-bond donors (Lipinski definition) is 2. The van der Waals surface area contributed by atoms with E-state index in [-0.39, 0.29) is 0 Å². The first-order chi connectivity index (χ1) is 11.8. The summed E-state index contributed by atoms with van der Waals surface area (Å²) in [5.74, 6) is 0.808. The van der Waals surface area contributed by atoms with Gasteiger partial charge in [-0.3, -0.25) is 5.43 Å². The molecular formula is C19H18N4S. The van der Waals surface area contributed by atoms with Crippen LogP contribution >= 0.6 is 11.8 Å². The number of fused-ring (bicyclic) bond motifs is 1. The lowest BCUT2D eigenvalue weighted by molar-refractivity contribution is 1.03. The van der Waals surface area contributed by atoms with Crippen LogP contribution in [0, 0.1) is 0 Å². The Balaban J connectivity index is 1.62. The summed E-state index contributed by atoms with van der Waals surface area (Å²) in [4.78, 5) is 7.99. The van der Waals surface area contributed by atoms with Crippen molar-refractivity contribution in [1.82, 2.24) is 10.4 Å². The van der Waals surface area contributed by atoms with Crippen LogP contribution in [0.4, 0.5) is 5.69 Å². The number of aromatic amines is 1. The number of nitrogens with zero attached hydrogens (tertiary/aromatic N) is 2. The predicted octanol–water partition coefficient (Wildman–Crippen LogP) is 4.46. The number of aromatic nitrogens is 1. The maximum Gasteiger partial charge on any atom is 0.182 e. The second-order valence-corrected chi connectivity index (χ2v) is 6.57. The van der Waals surface area contributed by atoms with E-state index in [4.69, 9.17) is 0 Å². The predicted molar refractivity (Wildman–Crippen MR) is 103 cm³/mol. The minimum atomic E-state index is 0.808. The lowest BCUT2D eigenvalue weighted by Crippen LogP contribution is -2.25. The third-order valence-electron chi connectivity index (χ3n) is 4.11. The van der Waals surface area contributed by atoms with Gasteiger partial charge in [0.05, 0.1) is 11.4 Å². The Morgan fingerprint density at radius 3 is 2.75 bits per heavy atom. The Kier molecular flexibility index (Phi) is 4.09. The zero-order valence-electron chi connectivity index (χ0n) is 13.4. The van der Waals surface area contributed by atoms with E-state index >= 15 is 0 Å². The summed E-state index contributed by atoms with van der Waals surface area (Å²) in [5, 5.41) is 6.62. The molecule has 4 nitrogen and oxygen atoms in total. The van der Waals surface area contributed by atoms with Crippen LogP contribution in [0.25, 0.3) is 10.9 Å². The SMILES string of the molecule is CCc1cccc2c(C3=NNC(=Nc4ccccc4)SC3)c[nH]c12. The average Bonchev–Trinajstić information content (AvgIpc) is 3.07. The van der Waals surface area contributed by atoms with Crippen molar-refractivity contribution in [2.45, 2.75) is 13.3 Å². The van der Waals surface area contributed by atoms with E-state index in [2.05, 4.69) is 51.8 Å². The molecule has 0 fully saturated rings. The van der Waals surface area contributed by atoms with Gasteiger partial charge >= 0.3 is 0 Å². The van der Waals surface area contributed by atoms with Crippen LogP contribution in [0.3, 0.4) is 0 Å². The molecule has 0 unspecified atom stereocenters. The van der Waals surface area contributed by atoms with Gasteiger partial charge in [0.2, 0.25) is 0 Å². The molecule has 1 aromatic heterocycles. The number of nitrogens with one attached hydrogen (secondary N) is 2. The van der Waals surface area contributed by atoms with Gasteiger partial charge in [-0.05, 0) is 24.1 Å². The highest BCUT2D eigenvalue weighted by atomic mass is 32.2. The van der Waals surface area contributed by atoms with Crippen LogP contribution < -0.4 is 5.43 Å². The molecule has 2 N–H and O–H groups in total. The number of thioether (sulfide) groups is 1. The molecule has 4 rings (SSSR count). The van der Waals surface area contributed by atoms with E-state index in [1.54, 1.807) is 11.8 Å². The molecule has 1 aliphatic rings. The van der Waals surface area contributed by atoms with Gasteiger partial charge in [-0.1, -0.05) is 55.1 Å². The number of para-hydroxylation sites is 2. The van der Waals surface area contributed by atoms with Crippen molar-refractivity contribution in [3.05, 3.63) is 65.9 Å². The van der Waals surface area contributed by atoms with E-state index in [0.29, 0.717) is 0 Å². The van der Waals surface area contributed by atoms with Crippen LogP contribution in [-0.4, -0.2) is 21.6 Å². The topological polar surface area (TPSA) is 52.5 Å². The van der Waals surface area contributed by atoms with Gasteiger partial charge in [0.25, 0.3) is 0 Å². The first-order valence-electron chi connectivity index (χ1n) is 8.03. The normalized spacial score (nSPS) is 16.2. The molecular weight excluding hydrogens is 316 g/mol. The first-order valence-corrected chi connectivity index (χ1v) is 9.02. The molecule has 0 saturated carbocycles. The molecule has 2 aromatic carbocycles. The minimum Gasteiger partial charge on any atom is -0.360 e. The number of hydrogen-bond acceptors (Lipinski definition) is 3. The van der Waals surface area contributed by atoms with Gasteiger partial charge in [0.15, 0.2) is 5.17 Å². The Morgan fingerprint density at radius 1 is 1.12 bits per heavy atom. The third kappa shape index (κ3) is 2.83. The van der Waals surface area contributed by atoms with Gasteiger partial charge in [0, 0.05) is 28.4 Å². The largest absolute Gasteiger partial charge is 0.360 e. The maximum absolute atomic E-state index is 4.58. The van der Waals surface area contributed by atoms with Crippen LogP contribution in [0.2, 0.25) is 0 Å². The zero-order valence-corrected chi connectivity index (χ0v) is 14.2. The number of rotatable bonds is 3. The number of aryl methyl sites for hydroxylation is 1. The van der Waals surface area contributed by atoms with E-state index < -0.39 is 0 Å². The fourth-order valence-electron chi connectivity index (χ4n) is 2.88. The van der Waals surface area contributed by atoms with Gasteiger partial charge < -0.3 is 4.98 Å². The van der Waals surface area contributed by atoms with Crippen molar-refractivity contribution >= 4 is 39.2 Å². The Bertz CT molecular complexity index is 925. The third-order valence-corrected chi connectivity index (χ3v) is 4.99. The summed E-state index contributed by atoms with van der Waals surface area (Å²) in [7, 11) is 0. The highest BCUT2D eigenvalue weighted by Gasteiger charge is 2.17. The summed E-state index contributed by atoms with van der Waals surface area (Å²) in [6.07, 6.45) is 3.08.